The Morgan fingerprint density at radius 1 is 1.00 bits per heavy atom. The molecule has 0 N–H and O–H groups in total. The van der Waals surface area contributed by atoms with E-state index in [1.807, 2.05) is 78.9 Å². The van der Waals surface area contributed by atoms with Gasteiger partial charge in [-0.3, -0.25) is 0 Å². The van der Waals surface area contributed by atoms with Gasteiger partial charge in [0.1, 0.15) is 6.29 Å². The quantitative estimate of drug-likeness (QED) is 0.240. The summed E-state index contributed by atoms with van der Waals surface area (Å²) in [7, 11) is 1.35. The van der Waals surface area contributed by atoms with Crippen molar-refractivity contribution in [1.82, 2.24) is 4.98 Å². The number of hydrogen-bond acceptors (Lipinski definition) is 4. The Morgan fingerprint density at radius 2 is 1.82 bits per heavy atom. The number of halogens is 1. The van der Waals surface area contributed by atoms with Crippen molar-refractivity contribution < 1.29 is 14.3 Å². The topological polar surface area (TPSA) is 56.3 Å². The van der Waals surface area contributed by atoms with Crippen LogP contribution in [0.5, 0.6) is 0 Å². The molecule has 1 unspecified atom stereocenters. The highest BCUT2D eigenvalue weighted by Gasteiger charge is 2.17. The molecule has 0 bridgehead atoms. The Bertz CT molecular complexity index is 1350. The number of esters is 1. The molecule has 1 atom stereocenters. The minimum atomic E-state index is -0.406. The molecule has 0 aliphatic heterocycles. The van der Waals surface area contributed by atoms with Gasteiger partial charge in [0.2, 0.25) is 0 Å². The van der Waals surface area contributed by atoms with Crippen molar-refractivity contribution in [1.29, 1.82) is 0 Å². The van der Waals surface area contributed by atoms with Gasteiger partial charge in [0.15, 0.2) is 0 Å². The summed E-state index contributed by atoms with van der Waals surface area (Å²) in [4.78, 5) is 28.7. The van der Waals surface area contributed by atoms with Crippen molar-refractivity contribution in [2.45, 2.75) is 12.3 Å². The van der Waals surface area contributed by atoms with Gasteiger partial charge >= 0.3 is 5.97 Å². The molecule has 0 fully saturated rings. The summed E-state index contributed by atoms with van der Waals surface area (Å²) in [5.74, 6) is -0.791. The highest BCUT2D eigenvalue weighted by atomic mass is 35.5. The Labute approximate surface area is 197 Å². The number of carbonyl (C=O) groups excluding carboxylic acids is 2. The van der Waals surface area contributed by atoms with E-state index in [2.05, 4.69) is 4.98 Å². The number of fused-ring (bicyclic) bond motifs is 1. The zero-order valence-corrected chi connectivity index (χ0v) is 18.8. The van der Waals surface area contributed by atoms with E-state index in [1.54, 1.807) is 12.1 Å². The molecule has 0 amide bonds. The molecule has 3 aromatic carbocycles. The van der Waals surface area contributed by atoms with Crippen LogP contribution in [0.15, 0.2) is 78.9 Å². The third-order valence-electron chi connectivity index (χ3n) is 5.49. The van der Waals surface area contributed by atoms with E-state index < -0.39 is 5.97 Å². The van der Waals surface area contributed by atoms with Gasteiger partial charge in [0, 0.05) is 16.3 Å². The average molecular weight is 456 g/mol. The highest BCUT2D eigenvalue weighted by molar-refractivity contribution is 6.31. The van der Waals surface area contributed by atoms with Crippen LogP contribution in [0.1, 0.15) is 38.7 Å². The van der Waals surface area contributed by atoms with Crippen molar-refractivity contribution >= 4 is 46.9 Å². The van der Waals surface area contributed by atoms with Crippen molar-refractivity contribution in [2.24, 2.45) is 0 Å². The number of methoxy groups -OCH3 is 1. The van der Waals surface area contributed by atoms with Gasteiger partial charge in [0.05, 0.1) is 23.9 Å². The summed E-state index contributed by atoms with van der Waals surface area (Å²) >= 11 is 6.09. The molecule has 4 rings (SSSR count). The molecule has 0 saturated carbocycles. The second-order valence-electron chi connectivity index (χ2n) is 7.67. The van der Waals surface area contributed by atoms with Crippen molar-refractivity contribution in [3.05, 3.63) is 112 Å². The lowest BCUT2D eigenvalue weighted by Gasteiger charge is -2.14. The summed E-state index contributed by atoms with van der Waals surface area (Å²) in [5.41, 5.74) is 4.74. The summed E-state index contributed by atoms with van der Waals surface area (Å²) in [5, 5.41) is 1.68. The number of aromatic nitrogens is 1. The second kappa shape index (κ2) is 10.2. The number of pyridine rings is 1. The van der Waals surface area contributed by atoms with E-state index >= 15 is 0 Å². The molecule has 5 heteroatoms. The second-order valence-corrected chi connectivity index (χ2v) is 8.11. The van der Waals surface area contributed by atoms with Crippen molar-refractivity contribution in [3.63, 3.8) is 0 Å². The molecule has 0 aliphatic carbocycles. The molecule has 0 aliphatic rings. The van der Waals surface area contributed by atoms with Crippen LogP contribution in [0.25, 0.3) is 23.1 Å². The van der Waals surface area contributed by atoms with Crippen molar-refractivity contribution in [3.8, 4) is 0 Å². The van der Waals surface area contributed by atoms with E-state index in [4.69, 9.17) is 16.3 Å². The van der Waals surface area contributed by atoms with Crippen LogP contribution in [0.2, 0.25) is 5.02 Å². The summed E-state index contributed by atoms with van der Waals surface area (Å²) in [6, 6.07) is 24.6. The summed E-state index contributed by atoms with van der Waals surface area (Å²) < 4.78 is 4.87. The zero-order valence-electron chi connectivity index (χ0n) is 18.1. The van der Waals surface area contributed by atoms with Gasteiger partial charge in [-0.05, 0) is 53.5 Å². The van der Waals surface area contributed by atoms with Gasteiger partial charge in [-0.25, -0.2) is 9.78 Å². The molecule has 1 aromatic heterocycles. The number of hydrogen-bond donors (Lipinski definition) is 0. The Hall–Kier alpha value is -3.76. The minimum Gasteiger partial charge on any atom is -0.465 e. The molecule has 0 saturated heterocycles. The number of carbonyl (C=O) groups is 2. The first-order valence-electron chi connectivity index (χ1n) is 10.5. The van der Waals surface area contributed by atoms with Crippen LogP contribution in [-0.2, 0) is 16.0 Å². The lowest BCUT2D eigenvalue weighted by Crippen LogP contribution is -2.10. The van der Waals surface area contributed by atoms with Crippen molar-refractivity contribution in [2.75, 3.05) is 7.11 Å². The molecule has 0 radical (unpaired) electrons. The fourth-order valence-electron chi connectivity index (χ4n) is 3.76. The largest absolute Gasteiger partial charge is 0.465 e. The first-order valence-corrected chi connectivity index (χ1v) is 10.9. The fourth-order valence-corrected chi connectivity index (χ4v) is 3.93. The van der Waals surface area contributed by atoms with E-state index in [-0.39, 0.29) is 5.92 Å². The molecule has 0 spiro atoms. The normalized spacial score (nSPS) is 12.1. The Morgan fingerprint density at radius 3 is 2.64 bits per heavy atom. The van der Waals surface area contributed by atoms with Crippen LogP contribution in [0.3, 0.4) is 0 Å². The van der Waals surface area contributed by atoms with Crippen LogP contribution in [-0.4, -0.2) is 24.3 Å². The van der Waals surface area contributed by atoms with E-state index in [0.29, 0.717) is 17.0 Å². The summed E-state index contributed by atoms with van der Waals surface area (Å²) in [6.07, 6.45) is 5.23. The molecule has 4 nitrogen and oxygen atoms in total. The Kier molecular flexibility index (Phi) is 6.96. The predicted octanol–water partition coefficient (Wildman–Crippen LogP) is 6.37. The molecular formula is C28H22ClNO3. The number of benzene rings is 3. The lowest BCUT2D eigenvalue weighted by molar-refractivity contribution is -0.109. The summed E-state index contributed by atoms with van der Waals surface area (Å²) in [6.45, 7) is 0. The predicted molar refractivity (Wildman–Crippen MR) is 132 cm³/mol. The number of nitrogens with zero attached hydrogens (tertiary/aromatic N) is 1. The van der Waals surface area contributed by atoms with E-state index in [1.165, 1.54) is 7.11 Å². The standard InChI is InChI=1S/C28H22ClNO3/c1-33-28(32)26-8-3-2-6-22(26)16-23(18-31)21-7-4-5-19(15-21)9-13-25-14-11-20-10-12-24(29)17-27(20)30-25/h2-15,17-18,23H,16H2,1H3. The monoisotopic (exact) mass is 455 g/mol. The zero-order chi connectivity index (χ0) is 23.2. The number of aldehydes is 1. The van der Waals surface area contributed by atoms with Gasteiger partial charge in [-0.2, -0.15) is 0 Å². The van der Waals surface area contributed by atoms with Gasteiger partial charge in [-0.15, -0.1) is 0 Å². The molecular weight excluding hydrogens is 434 g/mol. The van der Waals surface area contributed by atoms with Crippen LogP contribution < -0.4 is 0 Å². The SMILES string of the molecule is COC(=O)c1ccccc1CC(C=O)c1cccc(C=Cc2ccc3ccc(Cl)cc3n2)c1. The molecule has 164 valence electrons. The van der Waals surface area contributed by atoms with Crippen LogP contribution in [0, 0.1) is 0 Å². The first kappa shape index (κ1) is 22.4. The lowest BCUT2D eigenvalue weighted by atomic mass is 9.90. The third-order valence-corrected chi connectivity index (χ3v) is 5.72. The molecule has 33 heavy (non-hydrogen) atoms. The smallest absolute Gasteiger partial charge is 0.338 e. The van der Waals surface area contributed by atoms with E-state index in [9.17, 15) is 9.59 Å². The van der Waals surface area contributed by atoms with Crippen LogP contribution >= 0.6 is 11.6 Å². The number of rotatable bonds is 7. The van der Waals surface area contributed by atoms with Gasteiger partial charge in [-0.1, -0.05) is 72.3 Å². The van der Waals surface area contributed by atoms with E-state index in [0.717, 1.165) is 39.6 Å². The minimum absolute atomic E-state index is 0.384. The van der Waals surface area contributed by atoms with Gasteiger partial charge in [0.25, 0.3) is 0 Å². The maximum atomic E-state index is 12.1. The van der Waals surface area contributed by atoms with Crippen LogP contribution in [0.4, 0.5) is 0 Å². The highest BCUT2D eigenvalue weighted by Crippen LogP contribution is 2.24. The maximum absolute atomic E-state index is 12.1. The number of ether oxygens (including phenoxy) is 1. The fraction of sp³-hybridized carbons (Fsp3) is 0.107. The first-order chi connectivity index (χ1) is 16.1. The average Bonchev–Trinajstić information content (AvgIpc) is 2.85. The third kappa shape index (κ3) is 5.36. The van der Waals surface area contributed by atoms with Gasteiger partial charge < -0.3 is 9.53 Å². The molecule has 4 aromatic rings. The maximum Gasteiger partial charge on any atom is 0.338 e. The molecule has 1 heterocycles. The Balaban J connectivity index is 1.57.